The molecule has 1 aromatic carbocycles. The van der Waals surface area contributed by atoms with Crippen molar-refractivity contribution in [3.63, 3.8) is 0 Å². The molecule has 9 nitrogen and oxygen atoms in total. The number of Topliss-reactive ketones (excluding diaryl/α,β-unsaturated/α-hetero) is 1. The third-order valence-electron chi connectivity index (χ3n) is 6.25. The van der Waals surface area contributed by atoms with Crippen LogP contribution in [0.25, 0.3) is 22.2 Å². The molecule has 34 heavy (non-hydrogen) atoms. The van der Waals surface area contributed by atoms with Gasteiger partial charge in [-0.3, -0.25) is 9.59 Å². The van der Waals surface area contributed by atoms with Gasteiger partial charge in [0.1, 0.15) is 17.8 Å². The number of carbonyl (C=O) groups excluding carboxylic acids is 1. The number of fused-ring (bicyclic) bond motifs is 1. The molecule has 1 unspecified atom stereocenters. The second-order valence-electron chi connectivity index (χ2n) is 8.42. The smallest absolute Gasteiger partial charge is 0.250 e. The molecule has 0 amide bonds. The van der Waals surface area contributed by atoms with E-state index in [0.717, 1.165) is 53.7 Å². The van der Waals surface area contributed by atoms with E-state index in [-0.39, 0.29) is 17.4 Å². The first-order valence-electron chi connectivity index (χ1n) is 11.5. The number of hydrogen-bond donors (Lipinski definition) is 3. The minimum absolute atomic E-state index is 0.0621. The van der Waals surface area contributed by atoms with Crippen molar-refractivity contribution in [2.45, 2.75) is 44.4 Å². The van der Waals surface area contributed by atoms with Crippen molar-refractivity contribution in [3.8, 4) is 17.0 Å². The van der Waals surface area contributed by atoms with E-state index in [1.165, 1.54) is 6.26 Å². The quantitative estimate of drug-likeness (QED) is 0.373. The van der Waals surface area contributed by atoms with Crippen molar-refractivity contribution in [3.05, 3.63) is 59.1 Å². The molecule has 180 valence electrons. The van der Waals surface area contributed by atoms with E-state index in [4.69, 9.17) is 9.47 Å². The van der Waals surface area contributed by atoms with Crippen LogP contribution in [0.1, 0.15) is 44.0 Å². The monoisotopic (exact) mass is 465 g/mol. The fourth-order valence-corrected chi connectivity index (χ4v) is 4.26. The Labute approximate surface area is 198 Å². The first-order valence-corrected chi connectivity index (χ1v) is 11.5. The zero-order valence-electron chi connectivity index (χ0n) is 19.8. The molecule has 2 aromatic heterocycles. The lowest BCUT2D eigenvalue weighted by Gasteiger charge is -2.14. The Bertz CT molecular complexity index is 1240. The van der Waals surface area contributed by atoms with Crippen molar-refractivity contribution in [2.75, 3.05) is 14.2 Å². The number of aromatic nitrogens is 3. The number of hydrogen-bond acceptors (Lipinski definition) is 7. The topological polar surface area (TPSA) is 110 Å². The summed E-state index contributed by atoms with van der Waals surface area (Å²) < 4.78 is 12.4. The number of aromatic amines is 1. The number of methoxy groups -OCH3 is 1. The molecule has 0 saturated carbocycles. The number of ether oxygens (including phenoxy) is 2. The molecule has 0 aliphatic carbocycles. The summed E-state index contributed by atoms with van der Waals surface area (Å²) in [5.74, 6) is 1.60. The largest absolute Gasteiger partial charge is 0.496 e. The molecule has 3 heterocycles. The second-order valence-corrected chi connectivity index (χ2v) is 8.42. The van der Waals surface area contributed by atoms with Crippen molar-refractivity contribution in [1.82, 2.24) is 25.2 Å². The first-order chi connectivity index (χ1) is 16.5. The lowest BCUT2D eigenvalue weighted by Crippen LogP contribution is -2.30. The SMILES string of the molecule is CN[C@@H](CCCCCC(=O)C1NC=CO1)c1ncc(-c2cc3ccc(=O)n(C)c3cc2OC)[nH]1. The van der Waals surface area contributed by atoms with Gasteiger partial charge in [-0.05, 0) is 37.4 Å². The highest BCUT2D eigenvalue weighted by molar-refractivity contribution is 5.87. The molecule has 4 rings (SSSR count). The minimum Gasteiger partial charge on any atom is -0.496 e. The van der Waals surface area contributed by atoms with Crippen LogP contribution < -0.4 is 20.9 Å². The number of rotatable bonds is 11. The zero-order valence-corrected chi connectivity index (χ0v) is 19.8. The summed E-state index contributed by atoms with van der Waals surface area (Å²) in [6.45, 7) is 0. The number of unbranched alkanes of at least 4 members (excludes halogenated alkanes) is 2. The number of imidazole rings is 1. The van der Waals surface area contributed by atoms with E-state index >= 15 is 0 Å². The zero-order chi connectivity index (χ0) is 24.1. The minimum atomic E-state index is -0.524. The predicted molar refractivity (Wildman–Crippen MR) is 130 cm³/mol. The van der Waals surface area contributed by atoms with Crippen LogP contribution in [-0.4, -0.2) is 40.7 Å². The summed E-state index contributed by atoms with van der Waals surface area (Å²) in [6.07, 6.45) is 8.60. The first kappa shape index (κ1) is 23.6. The number of ketones is 1. The van der Waals surface area contributed by atoms with Crippen molar-refractivity contribution >= 4 is 16.7 Å². The van der Waals surface area contributed by atoms with Crippen molar-refractivity contribution in [1.29, 1.82) is 0 Å². The summed E-state index contributed by atoms with van der Waals surface area (Å²) in [6, 6.07) is 7.35. The molecule has 0 saturated heterocycles. The van der Waals surface area contributed by atoms with Gasteiger partial charge < -0.3 is 29.7 Å². The summed E-state index contributed by atoms with van der Waals surface area (Å²) in [4.78, 5) is 32.1. The Morgan fingerprint density at radius 3 is 2.88 bits per heavy atom. The van der Waals surface area contributed by atoms with Gasteiger partial charge >= 0.3 is 0 Å². The van der Waals surface area contributed by atoms with Crippen LogP contribution in [0.5, 0.6) is 5.75 Å². The van der Waals surface area contributed by atoms with E-state index in [0.29, 0.717) is 12.2 Å². The Morgan fingerprint density at radius 1 is 1.29 bits per heavy atom. The van der Waals surface area contributed by atoms with Crippen molar-refractivity contribution in [2.24, 2.45) is 7.05 Å². The van der Waals surface area contributed by atoms with E-state index in [9.17, 15) is 9.59 Å². The fraction of sp³-hybridized carbons (Fsp3) is 0.400. The van der Waals surface area contributed by atoms with Crippen LogP contribution in [0, 0.1) is 0 Å². The lowest BCUT2D eigenvalue weighted by molar-refractivity contribution is -0.127. The summed E-state index contributed by atoms with van der Waals surface area (Å²) in [7, 11) is 5.29. The molecule has 9 heteroatoms. The van der Waals surface area contributed by atoms with E-state index < -0.39 is 6.23 Å². The van der Waals surface area contributed by atoms with E-state index in [2.05, 4.69) is 20.6 Å². The van der Waals surface area contributed by atoms with Gasteiger partial charge in [0.15, 0.2) is 5.78 Å². The van der Waals surface area contributed by atoms with Crippen LogP contribution >= 0.6 is 0 Å². The highest BCUT2D eigenvalue weighted by Crippen LogP contribution is 2.33. The number of pyridine rings is 1. The van der Waals surface area contributed by atoms with Crippen LogP contribution in [0.15, 0.2) is 47.7 Å². The molecule has 0 bridgehead atoms. The highest BCUT2D eigenvalue weighted by atomic mass is 16.5. The molecule has 2 atom stereocenters. The van der Waals surface area contributed by atoms with Gasteiger partial charge in [-0.15, -0.1) is 0 Å². The third kappa shape index (κ3) is 4.99. The van der Waals surface area contributed by atoms with Crippen molar-refractivity contribution < 1.29 is 14.3 Å². The molecule has 1 aliphatic heterocycles. The Kier molecular flexibility index (Phi) is 7.32. The van der Waals surface area contributed by atoms with Gasteiger partial charge in [-0.1, -0.05) is 12.8 Å². The third-order valence-corrected chi connectivity index (χ3v) is 6.25. The van der Waals surface area contributed by atoms with Gasteiger partial charge in [-0.2, -0.15) is 0 Å². The van der Waals surface area contributed by atoms with Gasteiger partial charge in [-0.25, -0.2) is 4.98 Å². The molecule has 1 aliphatic rings. The molecule has 3 N–H and O–H groups in total. The summed E-state index contributed by atoms with van der Waals surface area (Å²) >= 11 is 0. The molecule has 3 aromatic rings. The number of H-pyrrole nitrogens is 1. The average molecular weight is 466 g/mol. The summed E-state index contributed by atoms with van der Waals surface area (Å²) in [5.41, 5.74) is 2.49. The predicted octanol–water partition coefficient (Wildman–Crippen LogP) is 3.13. The average Bonchev–Trinajstić information content (AvgIpc) is 3.56. The van der Waals surface area contributed by atoms with Crippen LogP contribution in [0.3, 0.4) is 0 Å². The Morgan fingerprint density at radius 2 is 2.15 bits per heavy atom. The Hall–Kier alpha value is -3.59. The molecular weight excluding hydrogens is 434 g/mol. The van der Waals surface area contributed by atoms with Gasteiger partial charge in [0, 0.05) is 37.4 Å². The van der Waals surface area contributed by atoms with E-state index in [1.807, 2.05) is 31.4 Å². The van der Waals surface area contributed by atoms with Gasteiger partial charge in [0.05, 0.1) is 30.6 Å². The maximum Gasteiger partial charge on any atom is 0.250 e. The van der Waals surface area contributed by atoms with Crippen LogP contribution in [-0.2, 0) is 16.6 Å². The number of carbonyl (C=O) groups is 1. The van der Waals surface area contributed by atoms with E-state index in [1.54, 1.807) is 31.0 Å². The lowest BCUT2D eigenvalue weighted by atomic mass is 10.0. The second kappa shape index (κ2) is 10.6. The molecular formula is C25H31N5O4. The number of nitrogens with one attached hydrogen (secondary N) is 3. The van der Waals surface area contributed by atoms with Crippen LogP contribution in [0.2, 0.25) is 0 Å². The maximum absolute atomic E-state index is 12.0. The molecule has 0 spiro atoms. The Balaban J connectivity index is 1.40. The number of nitrogens with zero attached hydrogens (tertiary/aromatic N) is 2. The summed E-state index contributed by atoms with van der Waals surface area (Å²) in [5, 5.41) is 7.16. The number of aryl methyl sites for hydroxylation is 1. The fourth-order valence-electron chi connectivity index (χ4n) is 4.26. The highest BCUT2D eigenvalue weighted by Gasteiger charge is 2.20. The molecule has 0 fully saturated rings. The van der Waals surface area contributed by atoms with Crippen LogP contribution in [0.4, 0.5) is 0 Å². The normalized spacial score (nSPS) is 15.8. The maximum atomic E-state index is 12.0. The molecule has 0 radical (unpaired) electrons. The van der Waals surface area contributed by atoms with Gasteiger partial charge in [0.25, 0.3) is 5.56 Å². The standard InChI is InChI=1S/C25H31N5O4/c1-26-18(7-5-4-6-8-21(31)25-27-11-12-34-25)24-28-15-19(29-24)17-13-16-9-10-23(32)30(2)20(16)14-22(17)33-3/h9-15,18,25-27H,4-8H2,1-3H3,(H,28,29)/t18-,25?/m0/s1. The number of benzene rings is 1. The van der Waals surface area contributed by atoms with Gasteiger partial charge in [0.2, 0.25) is 6.23 Å².